The molecule has 2 aromatic carbocycles. The molecule has 20 heavy (non-hydrogen) atoms. The lowest BCUT2D eigenvalue weighted by Crippen LogP contribution is -2.09. The van der Waals surface area contributed by atoms with Gasteiger partial charge in [-0.25, -0.2) is 0 Å². The van der Waals surface area contributed by atoms with Gasteiger partial charge in [-0.3, -0.25) is 4.79 Å². The first-order valence-corrected chi connectivity index (χ1v) is 6.56. The summed E-state index contributed by atoms with van der Waals surface area (Å²) >= 11 is 5.86. The quantitative estimate of drug-likeness (QED) is 0.691. The summed E-state index contributed by atoms with van der Waals surface area (Å²) in [7, 11) is 1.55. The van der Waals surface area contributed by atoms with Gasteiger partial charge in [-0.1, -0.05) is 17.7 Å². The van der Waals surface area contributed by atoms with Crippen LogP contribution >= 0.6 is 11.6 Å². The highest BCUT2D eigenvalue weighted by Gasteiger charge is 2.19. The summed E-state index contributed by atoms with van der Waals surface area (Å²) < 4.78 is 5.33. The van der Waals surface area contributed by atoms with E-state index in [9.17, 15) is 4.79 Å². The molecule has 0 aromatic heterocycles. The van der Waals surface area contributed by atoms with Crippen LogP contribution < -0.4 is 10.5 Å². The van der Waals surface area contributed by atoms with Crippen LogP contribution in [0.25, 0.3) is 0 Å². The summed E-state index contributed by atoms with van der Waals surface area (Å²) in [5.74, 6) is 0.398. The largest absolute Gasteiger partial charge is 0.496 e. The second kappa shape index (κ2) is 5.55. The molecule has 2 aromatic rings. The Morgan fingerprint density at radius 1 is 1.20 bits per heavy atom. The van der Waals surface area contributed by atoms with Crippen molar-refractivity contribution in [1.82, 2.24) is 0 Å². The number of hydrogen-bond acceptors (Lipinski definition) is 3. The van der Waals surface area contributed by atoms with E-state index in [4.69, 9.17) is 22.1 Å². The van der Waals surface area contributed by atoms with Crippen LogP contribution in [-0.2, 0) is 0 Å². The normalized spacial score (nSPS) is 10.4. The molecule has 2 N–H and O–H groups in total. The van der Waals surface area contributed by atoms with Crippen molar-refractivity contribution in [2.24, 2.45) is 0 Å². The monoisotopic (exact) mass is 289 g/mol. The number of methoxy groups -OCH3 is 1. The molecule has 2 rings (SSSR count). The van der Waals surface area contributed by atoms with Gasteiger partial charge in [0.25, 0.3) is 0 Å². The summed E-state index contributed by atoms with van der Waals surface area (Å²) in [6, 6.07) is 8.65. The van der Waals surface area contributed by atoms with Crippen LogP contribution in [0.4, 0.5) is 5.69 Å². The molecule has 104 valence electrons. The number of halogens is 1. The molecule has 0 saturated carbocycles. The molecule has 0 aliphatic heterocycles. The molecular formula is C16H16ClNO2. The minimum absolute atomic E-state index is 0.159. The Morgan fingerprint density at radius 2 is 1.90 bits per heavy atom. The van der Waals surface area contributed by atoms with Crippen molar-refractivity contribution in [3.8, 4) is 5.75 Å². The van der Waals surface area contributed by atoms with E-state index in [-0.39, 0.29) is 5.78 Å². The zero-order valence-electron chi connectivity index (χ0n) is 11.7. The van der Waals surface area contributed by atoms with Gasteiger partial charge in [0, 0.05) is 16.3 Å². The molecule has 0 heterocycles. The maximum Gasteiger partial charge on any atom is 0.199 e. The van der Waals surface area contributed by atoms with Crippen LogP contribution in [0.5, 0.6) is 5.75 Å². The van der Waals surface area contributed by atoms with Crippen molar-refractivity contribution < 1.29 is 9.53 Å². The van der Waals surface area contributed by atoms with Gasteiger partial charge in [0.15, 0.2) is 5.78 Å². The zero-order valence-corrected chi connectivity index (χ0v) is 12.4. The smallest absolute Gasteiger partial charge is 0.199 e. The highest BCUT2D eigenvalue weighted by Crippen LogP contribution is 2.29. The molecule has 0 unspecified atom stereocenters. The molecular weight excluding hydrogens is 274 g/mol. The first-order chi connectivity index (χ1) is 9.43. The molecule has 0 aliphatic rings. The van der Waals surface area contributed by atoms with Crippen molar-refractivity contribution >= 4 is 23.1 Å². The number of benzene rings is 2. The average Bonchev–Trinajstić information content (AvgIpc) is 2.37. The number of carbonyl (C=O) groups excluding carboxylic acids is 1. The van der Waals surface area contributed by atoms with Crippen LogP contribution in [-0.4, -0.2) is 12.9 Å². The summed E-state index contributed by atoms with van der Waals surface area (Å²) in [6.07, 6.45) is 0. The van der Waals surface area contributed by atoms with Gasteiger partial charge in [-0.05, 0) is 49.2 Å². The lowest BCUT2D eigenvalue weighted by Gasteiger charge is -2.13. The summed E-state index contributed by atoms with van der Waals surface area (Å²) in [6.45, 7) is 3.84. The number of aryl methyl sites for hydroxylation is 2. The Bertz CT molecular complexity index is 680. The molecule has 0 saturated heterocycles. The van der Waals surface area contributed by atoms with Crippen LogP contribution in [0.15, 0.2) is 30.3 Å². The fraction of sp³-hybridized carbons (Fsp3) is 0.188. The van der Waals surface area contributed by atoms with E-state index >= 15 is 0 Å². The lowest BCUT2D eigenvalue weighted by molar-refractivity contribution is 0.103. The Balaban J connectivity index is 2.59. The minimum atomic E-state index is -0.159. The SMILES string of the molecule is COc1cc(C)cc(C)c1C(=O)c1ccc(Cl)cc1N. The fourth-order valence-corrected chi connectivity index (χ4v) is 2.44. The Morgan fingerprint density at radius 3 is 2.50 bits per heavy atom. The van der Waals surface area contributed by atoms with Gasteiger partial charge in [0.05, 0.1) is 12.7 Å². The molecule has 0 amide bonds. The Kier molecular flexibility index (Phi) is 4.00. The predicted molar refractivity (Wildman–Crippen MR) is 81.8 cm³/mol. The van der Waals surface area contributed by atoms with Crippen molar-refractivity contribution in [3.63, 3.8) is 0 Å². The molecule has 0 aliphatic carbocycles. The zero-order chi connectivity index (χ0) is 14.9. The highest BCUT2D eigenvalue weighted by atomic mass is 35.5. The van der Waals surface area contributed by atoms with Crippen molar-refractivity contribution in [2.75, 3.05) is 12.8 Å². The van der Waals surface area contributed by atoms with Gasteiger partial charge < -0.3 is 10.5 Å². The maximum atomic E-state index is 12.7. The molecule has 0 radical (unpaired) electrons. The lowest BCUT2D eigenvalue weighted by atomic mass is 9.95. The standard InChI is InChI=1S/C16H16ClNO2/c1-9-6-10(2)15(14(7-9)20-3)16(19)12-5-4-11(17)8-13(12)18/h4-8H,18H2,1-3H3. The topological polar surface area (TPSA) is 52.3 Å². The van der Waals surface area contributed by atoms with Crippen LogP contribution in [0, 0.1) is 13.8 Å². The van der Waals surface area contributed by atoms with E-state index in [1.807, 2.05) is 26.0 Å². The minimum Gasteiger partial charge on any atom is -0.496 e. The van der Waals surface area contributed by atoms with E-state index in [0.717, 1.165) is 11.1 Å². The predicted octanol–water partition coefficient (Wildman–Crippen LogP) is 3.78. The number of rotatable bonds is 3. The number of hydrogen-bond donors (Lipinski definition) is 1. The van der Waals surface area contributed by atoms with Crippen LogP contribution in [0.2, 0.25) is 5.02 Å². The number of ketones is 1. The number of ether oxygens (including phenoxy) is 1. The van der Waals surface area contributed by atoms with Crippen LogP contribution in [0.3, 0.4) is 0 Å². The van der Waals surface area contributed by atoms with Gasteiger partial charge >= 0.3 is 0 Å². The van der Waals surface area contributed by atoms with E-state index in [1.165, 1.54) is 0 Å². The molecule has 4 heteroatoms. The second-order valence-corrected chi connectivity index (χ2v) is 5.16. The number of carbonyl (C=O) groups is 1. The molecule has 0 spiro atoms. The molecule has 0 bridgehead atoms. The molecule has 3 nitrogen and oxygen atoms in total. The van der Waals surface area contributed by atoms with Crippen molar-refractivity contribution in [2.45, 2.75) is 13.8 Å². The fourth-order valence-electron chi connectivity index (χ4n) is 2.26. The summed E-state index contributed by atoms with van der Waals surface area (Å²) in [5, 5.41) is 0.506. The van der Waals surface area contributed by atoms with Crippen LogP contribution in [0.1, 0.15) is 27.0 Å². The first kappa shape index (κ1) is 14.4. The third-order valence-electron chi connectivity index (χ3n) is 3.15. The van der Waals surface area contributed by atoms with Gasteiger partial charge in [-0.15, -0.1) is 0 Å². The second-order valence-electron chi connectivity index (χ2n) is 4.72. The number of anilines is 1. The first-order valence-electron chi connectivity index (χ1n) is 6.19. The average molecular weight is 290 g/mol. The van der Waals surface area contributed by atoms with Crippen molar-refractivity contribution in [3.05, 3.63) is 57.6 Å². The Hall–Kier alpha value is -2.00. The van der Waals surface area contributed by atoms with E-state index in [2.05, 4.69) is 0 Å². The Labute approximate surface area is 123 Å². The summed E-state index contributed by atoms with van der Waals surface area (Å²) in [4.78, 5) is 12.7. The van der Waals surface area contributed by atoms with Crippen molar-refractivity contribution in [1.29, 1.82) is 0 Å². The van der Waals surface area contributed by atoms with Gasteiger partial charge in [-0.2, -0.15) is 0 Å². The molecule has 0 atom stereocenters. The molecule has 0 fully saturated rings. The number of nitrogens with two attached hydrogens (primary N) is 1. The summed E-state index contributed by atoms with van der Waals surface area (Å²) in [5.41, 5.74) is 9.12. The number of nitrogen functional groups attached to an aromatic ring is 1. The van der Waals surface area contributed by atoms with E-state index < -0.39 is 0 Å². The van der Waals surface area contributed by atoms with E-state index in [0.29, 0.717) is 27.6 Å². The van der Waals surface area contributed by atoms with Gasteiger partial charge in [0.2, 0.25) is 0 Å². The van der Waals surface area contributed by atoms with Gasteiger partial charge in [0.1, 0.15) is 5.75 Å². The third-order valence-corrected chi connectivity index (χ3v) is 3.38. The maximum absolute atomic E-state index is 12.7. The highest BCUT2D eigenvalue weighted by molar-refractivity contribution is 6.31. The third kappa shape index (κ3) is 2.63. The van der Waals surface area contributed by atoms with E-state index in [1.54, 1.807) is 25.3 Å².